The Morgan fingerprint density at radius 1 is 1.35 bits per heavy atom. The predicted octanol–water partition coefficient (Wildman–Crippen LogP) is 3.01. The van der Waals surface area contributed by atoms with Crippen LogP contribution in [0.3, 0.4) is 0 Å². The summed E-state index contributed by atoms with van der Waals surface area (Å²) in [5.74, 6) is 0.702. The third-order valence-electron chi connectivity index (χ3n) is 4.88. The minimum absolute atomic E-state index is 0.0540. The van der Waals surface area contributed by atoms with E-state index in [4.69, 9.17) is 11.6 Å². The molecule has 2 aliphatic rings. The largest absolute Gasteiger partial charge is 0.351 e. The lowest BCUT2D eigenvalue weighted by Gasteiger charge is -2.29. The Morgan fingerprint density at radius 2 is 2.13 bits per heavy atom. The average molecular weight is 335 g/mol. The Hall–Kier alpha value is -1.55. The molecule has 0 aromatic heterocycles. The molecule has 2 aliphatic carbocycles. The molecule has 4 nitrogen and oxygen atoms in total. The first-order valence-corrected chi connectivity index (χ1v) is 8.73. The second kappa shape index (κ2) is 6.91. The first-order chi connectivity index (χ1) is 11.0. The van der Waals surface area contributed by atoms with Crippen molar-refractivity contribution in [2.75, 3.05) is 0 Å². The molecule has 23 heavy (non-hydrogen) atoms. The van der Waals surface area contributed by atoms with E-state index >= 15 is 0 Å². The molecule has 0 bridgehead atoms. The summed E-state index contributed by atoms with van der Waals surface area (Å²) in [5, 5.41) is 6.61. The lowest BCUT2D eigenvalue weighted by molar-refractivity contribution is -0.128. The SMILES string of the molecule is CC(=O)N[C@H](CC1CCC1)C(=O)N[C@@H]1C[C@H]1c1cccc(Cl)c1. The van der Waals surface area contributed by atoms with E-state index in [0.717, 1.165) is 36.3 Å². The van der Waals surface area contributed by atoms with Gasteiger partial charge in [-0.1, -0.05) is 43.0 Å². The van der Waals surface area contributed by atoms with E-state index in [1.54, 1.807) is 0 Å². The molecule has 2 amide bonds. The highest BCUT2D eigenvalue weighted by Gasteiger charge is 2.41. The number of benzene rings is 1. The first kappa shape index (κ1) is 16.3. The van der Waals surface area contributed by atoms with Crippen molar-refractivity contribution in [3.63, 3.8) is 0 Å². The highest BCUT2D eigenvalue weighted by Crippen LogP contribution is 2.41. The van der Waals surface area contributed by atoms with Crippen molar-refractivity contribution in [3.8, 4) is 0 Å². The van der Waals surface area contributed by atoms with Gasteiger partial charge in [0.05, 0.1) is 0 Å². The molecule has 1 aromatic carbocycles. The topological polar surface area (TPSA) is 58.2 Å². The van der Waals surface area contributed by atoms with Crippen LogP contribution in [0.4, 0.5) is 0 Å². The van der Waals surface area contributed by atoms with E-state index in [0.29, 0.717) is 11.8 Å². The Kier molecular flexibility index (Phi) is 4.90. The van der Waals surface area contributed by atoms with E-state index in [1.807, 2.05) is 24.3 Å². The highest BCUT2D eigenvalue weighted by atomic mass is 35.5. The zero-order valence-corrected chi connectivity index (χ0v) is 14.1. The molecule has 2 saturated carbocycles. The van der Waals surface area contributed by atoms with Gasteiger partial charge in [0, 0.05) is 23.9 Å². The monoisotopic (exact) mass is 334 g/mol. The molecule has 5 heteroatoms. The average Bonchev–Trinajstić information content (AvgIpc) is 3.20. The Bertz CT molecular complexity index is 600. The van der Waals surface area contributed by atoms with Gasteiger partial charge in [-0.05, 0) is 36.5 Å². The van der Waals surface area contributed by atoms with Crippen LogP contribution in [0.1, 0.15) is 50.5 Å². The lowest BCUT2D eigenvalue weighted by atomic mass is 9.80. The summed E-state index contributed by atoms with van der Waals surface area (Å²) in [6, 6.07) is 7.54. The van der Waals surface area contributed by atoms with Gasteiger partial charge >= 0.3 is 0 Å². The summed E-state index contributed by atoms with van der Waals surface area (Å²) in [4.78, 5) is 23.9. The normalized spacial score (nSPS) is 24.4. The van der Waals surface area contributed by atoms with Crippen LogP contribution < -0.4 is 10.6 Å². The number of carbonyl (C=O) groups excluding carboxylic acids is 2. The van der Waals surface area contributed by atoms with Gasteiger partial charge in [0.2, 0.25) is 11.8 Å². The maximum atomic E-state index is 12.5. The summed E-state index contributed by atoms with van der Waals surface area (Å²) in [7, 11) is 0. The maximum absolute atomic E-state index is 12.5. The van der Waals surface area contributed by atoms with Crippen molar-refractivity contribution in [1.29, 1.82) is 0 Å². The Labute approximate surface area is 142 Å². The molecule has 2 N–H and O–H groups in total. The Morgan fingerprint density at radius 3 is 2.74 bits per heavy atom. The number of halogens is 1. The van der Waals surface area contributed by atoms with Gasteiger partial charge in [-0.3, -0.25) is 9.59 Å². The van der Waals surface area contributed by atoms with Crippen molar-refractivity contribution < 1.29 is 9.59 Å². The number of amides is 2. The minimum atomic E-state index is -0.404. The van der Waals surface area contributed by atoms with Crippen molar-refractivity contribution in [3.05, 3.63) is 34.9 Å². The van der Waals surface area contributed by atoms with E-state index in [-0.39, 0.29) is 17.9 Å². The van der Waals surface area contributed by atoms with Crippen LogP contribution in [0, 0.1) is 5.92 Å². The Balaban J connectivity index is 1.55. The fourth-order valence-electron chi connectivity index (χ4n) is 3.28. The van der Waals surface area contributed by atoms with Crippen LogP contribution in [0.5, 0.6) is 0 Å². The van der Waals surface area contributed by atoms with E-state index in [2.05, 4.69) is 10.6 Å². The quantitative estimate of drug-likeness (QED) is 0.840. The molecule has 0 heterocycles. The summed E-state index contributed by atoms with van der Waals surface area (Å²) in [6.45, 7) is 1.47. The van der Waals surface area contributed by atoms with Crippen molar-refractivity contribution in [2.45, 2.75) is 57.0 Å². The number of rotatable bonds is 6. The standard InChI is InChI=1S/C18H23ClN2O2/c1-11(22)20-17(8-12-4-2-5-12)18(23)21-16-10-15(16)13-6-3-7-14(19)9-13/h3,6-7,9,12,15-17H,2,4-5,8,10H2,1H3,(H,20,22)(H,21,23)/t15-,16+,17+/m0/s1. The van der Waals surface area contributed by atoms with Crippen LogP contribution in [0.25, 0.3) is 0 Å². The molecule has 0 unspecified atom stereocenters. The summed E-state index contributed by atoms with van der Waals surface area (Å²) in [5.41, 5.74) is 1.16. The summed E-state index contributed by atoms with van der Waals surface area (Å²) < 4.78 is 0. The molecule has 124 valence electrons. The third kappa shape index (κ3) is 4.25. The fraction of sp³-hybridized carbons (Fsp3) is 0.556. The van der Waals surface area contributed by atoms with E-state index in [1.165, 1.54) is 13.3 Å². The number of hydrogen-bond acceptors (Lipinski definition) is 2. The second-order valence-corrected chi connectivity index (χ2v) is 7.23. The fourth-order valence-corrected chi connectivity index (χ4v) is 3.48. The first-order valence-electron chi connectivity index (χ1n) is 8.36. The lowest BCUT2D eigenvalue weighted by Crippen LogP contribution is -2.48. The van der Waals surface area contributed by atoms with Gasteiger partial charge in [-0.15, -0.1) is 0 Å². The van der Waals surface area contributed by atoms with Crippen molar-refractivity contribution in [1.82, 2.24) is 10.6 Å². The van der Waals surface area contributed by atoms with Crippen LogP contribution in [-0.4, -0.2) is 23.9 Å². The molecule has 0 saturated heterocycles. The van der Waals surface area contributed by atoms with Crippen LogP contribution in [0.15, 0.2) is 24.3 Å². The van der Waals surface area contributed by atoms with Crippen molar-refractivity contribution in [2.24, 2.45) is 5.92 Å². The number of carbonyl (C=O) groups is 2. The van der Waals surface area contributed by atoms with Crippen LogP contribution in [-0.2, 0) is 9.59 Å². The number of nitrogens with one attached hydrogen (secondary N) is 2. The van der Waals surface area contributed by atoms with E-state index in [9.17, 15) is 9.59 Å². The van der Waals surface area contributed by atoms with E-state index < -0.39 is 6.04 Å². The number of hydrogen-bond donors (Lipinski definition) is 2. The molecule has 2 fully saturated rings. The van der Waals surface area contributed by atoms with Crippen molar-refractivity contribution >= 4 is 23.4 Å². The summed E-state index contributed by atoms with van der Waals surface area (Å²) in [6.07, 6.45) is 5.25. The van der Waals surface area contributed by atoms with Gasteiger partial charge < -0.3 is 10.6 Å². The van der Waals surface area contributed by atoms with Gasteiger partial charge in [0.1, 0.15) is 6.04 Å². The van der Waals surface area contributed by atoms with Gasteiger partial charge in [-0.2, -0.15) is 0 Å². The zero-order chi connectivity index (χ0) is 16.4. The van der Waals surface area contributed by atoms with Gasteiger partial charge in [0.15, 0.2) is 0 Å². The predicted molar refractivity (Wildman–Crippen MR) is 90.3 cm³/mol. The molecule has 3 rings (SSSR count). The second-order valence-electron chi connectivity index (χ2n) is 6.80. The molecular weight excluding hydrogens is 312 g/mol. The molecule has 3 atom stereocenters. The van der Waals surface area contributed by atoms with Crippen LogP contribution >= 0.6 is 11.6 Å². The third-order valence-corrected chi connectivity index (χ3v) is 5.12. The van der Waals surface area contributed by atoms with Gasteiger partial charge in [0.25, 0.3) is 0 Å². The molecule has 0 radical (unpaired) electrons. The smallest absolute Gasteiger partial charge is 0.242 e. The molecule has 1 aromatic rings. The zero-order valence-electron chi connectivity index (χ0n) is 13.3. The molecular formula is C18H23ClN2O2. The molecule has 0 spiro atoms. The minimum Gasteiger partial charge on any atom is -0.351 e. The van der Waals surface area contributed by atoms with Crippen LogP contribution in [0.2, 0.25) is 5.02 Å². The highest BCUT2D eigenvalue weighted by molar-refractivity contribution is 6.30. The molecule has 0 aliphatic heterocycles. The maximum Gasteiger partial charge on any atom is 0.242 e. The summed E-state index contributed by atoms with van der Waals surface area (Å²) >= 11 is 6.02. The van der Waals surface area contributed by atoms with Gasteiger partial charge in [-0.25, -0.2) is 0 Å².